The van der Waals surface area contributed by atoms with E-state index in [-0.39, 0.29) is 11.2 Å². The lowest BCUT2D eigenvalue weighted by Gasteiger charge is -2.15. The molecule has 0 bridgehead atoms. The van der Waals surface area contributed by atoms with Crippen LogP contribution >= 0.6 is 11.8 Å². The molecule has 1 atom stereocenters. The quantitative estimate of drug-likeness (QED) is 0.623. The minimum absolute atomic E-state index is 0.0618. The SMILES string of the molecule is CC(C)Cn1c(SC(C)C(=O)Nc2ccccc2)nnc1-c1cccnc1. The summed E-state index contributed by atoms with van der Waals surface area (Å²) in [4.78, 5) is 16.7. The fourth-order valence-electron chi connectivity index (χ4n) is 2.59. The summed E-state index contributed by atoms with van der Waals surface area (Å²) < 4.78 is 2.07. The molecule has 0 aliphatic heterocycles. The Labute approximate surface area is 163 Å². The average molecular weight is 382 g/mol. The Kier molecular flexibility index (Phi) is 6.24. The number of rotatable bonds is 7. The maximum absolute atomic E-state index is 12.5. The second-order valence-electron chi connectivity index (χ2n) is 6.67. The van der Waals surface area contributed by atoms with Crippen LogP contribution in [0.1, 0.15) is 20.8 Å². The molecule has 27 heavy (non-hydrogen) atoms. The molecule has 1 aromatic carbocycles. The predicted octanol–water partition coefficient (Wildman–Crippen LogP) is 4.12. The first-order chi connectivity index (χ1) is 13.0. The summed E-state index contributed by atoms with van der Waals surface area (Å²) in [6.45, 7) is 6.94. The first kappa shape index (κ1) is 19.1. The van der Waals surface area contributed by atoms with Gasteiger partial charge in [-0.25, -0.2) is 0 Å². The number of aromatic nitrogens is 4. The first-order valence-corrected chi connectivity index (χ1v) is 9.78. The van der Waals surface area contributed by atoms with Crippen molar-refractivity contribution in [2.45, 2.75) is 37.7 Å². The van der Waals surface area contributed by atoms with Gasteiger partial charge in [0, 0.05) is 30.2 Å². The summed E-state index contributed by atoms with van der Waals surface area (Å²) in [6.07, 6.45) is 3.51. The fraction of sp³-hybridized carbons (Fsp3) is 0.300. The zero-order valence-electron chi connectivity index (χ0n) is 15.7. The maximum Gasteiger partial charge on any atom is 0.237 e. The van der Waals surface area contributed by atoms with Gasteiger partial charge in [-0.2, -0.15) is 0 Å². The van der Waals surface area contributed by atoms with Gasteiger partial charge < -0.3 is 9.88 Å². The van der Waals surface area contributed by atoms with E-state index in [1.54, 1.807) is 12.4 Å². The van der Waals surface area contributed by atoms with E-state index in [0.29, 0.717) is 5.92 Å². The number of pyridine rings is 1. The first-order valence-electron chi connectivity index (χ1n) is 8.90. The van der Waals surface area contributed by atoms with Gasteiger partial charge in [0.05, 0.1) is 5.25 Å². The molecule has 0 aliphatic carbocycles. The van der Waals surface area contributed by atoms with Crippen LogP contribution in [-0.2, 0) is 11.3 Å². The van der Waals surface area contributed by atoms with E-state index in [1.165, 1.54) is 11.8 Å². The Morgan fingerprint density at radius 1 is 1.11 bits per heavy atom. The normalized spacial score (nSPS) is 12.1. The van der Waals surface area contributed by atoms with Gasteiger partial charge in [0.25, 0.3) is 0 Å². The van der Waals surface area contributed by atoms with Crippen molar-refractivity contribution in [3.63, 3.8) is 0 Å². The third-order valence-corrected chi connectivity index (χ3v) is 4.96. The van der Waals surface area contributed by atoms with Crippen LogP contribution in [0.3, 0.4) is 0 Å². The number of nitrogens with one attached hydrogen (secondary N) is 1. The van der Waals surface area contributed by atoms with Crippen LogP contribution in [0.15, 0.2) is 60.0 Å². The van der Waals surface area contributed by atoms with Crippen LogP contribution in [0.5, 0.6) is 0 Å². The molecule has 3 rings (SSSR count). The largest absolute Gasteiger partial charge is 0.325 e. The van der Waals surface area contributed by atoms with Crippen molar-refractivity contribution in [1.29, 1.82) is 0 Å². The number of nitrogens with zero attached hydrogens (tertiary/aromatic N) is 4. The maximum atomic E-state index is 12.5. The molecule has 0 spiro atoms. The second kappa shape index (κ2) is 8.81. The zero-order chi connectivity index (χ0) is 19.2. The molecule has 1 unspecified atom stereocenters. The predicted molar refractivity (Wildman–Crippen MR) is 108 cm³/mol. The molecule has 0 saturated carbocycles. The third-order valence-electron chi connectivity index (χ3n) is 3.88. The Morgan fingerprint density at radius 3 is 2.56 bits per heavy atom. The van der Waals surface area contributed by atoms with Gasteiger partial charge >= 0.3 is 0 Å². The van der Waals surface area contributed by atoms with Gasteiger partial charge in [0.1, 0.15) is 0 Å². The molecule has 2 aromatic heterocycles. The number of para-hydroxylation sites is 1. The third kappa shape index (κ3) is 4.95. The summed E-state index contributed by atoms with van der Waals surface area (Å²) in [7, 11) is 0. The smallest absolute Gasteiger partial charge is 0.237 e. The standard InChI is InChI=1S/C20H23N5OS/c1-14(2)13-25-18(16-8-7-11-21-12-16)23-24-20(25)27-15(3)19(26)22-17-9-5-4-6-10-17/h4-12,14-15H,13H2,1-3H3,(H,22,26). The number of amides is 1. The van der Waals surface area contributed by atoms with Crippen molar-refractivity contribution < 1.29 is 4.79 Å². The summed E-state index contributed by atoms with van der Waals surface area (Å²) >= 11 is 1.41. The van der Waals surface area contributed by atoms with Crippen LogP contribution in [-0.4, -0.2) is 30.9 Å². The minimum atomic E-state index is -0.304. The number of thioether (sulfide) groups is 1. The summed E-state index contributed by atoms with van der Waals surface area (Å²) in [5.41, 5.74) is 1.70. The number of hydrogen-bond acceptors (Lipinski definition) is 5. The molecule has 140 valence electrons. The zero-order valence-corrected chi connectivity index (χ0v) is 16.5. The number of carbonyl (C=O) groups excluding carboxylic acids is 1. The van der Waals surface area contributed by atoms with E-state index in [1.807, 2.05) is 49.4 Å². The molecule has 1 amide bonds. The van der Waals surface area contributed by atoms with Crippen LogP contribution in [0.25, 0.3) is 11.4 Å². The van der Waals surface area contributed by atoms with E-state index < -0.39 is 0 Å². The Hall–Kier alpha value is -2.67. The van der Waals surface area contributed by atoms with Crippen LogP contribution in [0.4, 0.5) is 5.69 Å². The lowest BCUT2D eigenvalue weighted by molar-refractivity contribution is -0.115. The van der Waals surface area contributed by atoms with Crippen LogP contribution < -0.4 is 5.32 Å². The molecule has 0 fully saturated rings. The van der Waals surface area contributed by atoms with E-state index in [0.717, 1.165) is 28.8 Å². The average Bonchev–Trinajstić information content (AvgIpc) is 3.05. The monoisotopic (exact) mass is 381 g/mol. The highest BCUT2D eigenvalue weighted by atomic mass is 32.2. The van der Waals surface area contributed by atoms with Crippen LogP contribution in [0.2, 0.25) is 0 Å². The molecule has 3 aromatic rings. The molecular formula is C20H23N5OS. The van der Waals surface area contributed by atoms with Crippen molar-refractivity contribution in [3.8, 4) is 11.4 Å². The highest BCUT2D eigenvalue weighted by Crippen LogP contribution is 2.28. The van der Waals surface area contributed by atoms with E-state index >= 15 is 0 Å². The number of benzene rings is 1. The fourth-order valence-corrected chi connectivity index (χ4v) is 3.45. The Bertz CT molecular complexity index is 880. The number of anilines is 1. The van der Waals surface area contributed by atoms with Crippen molar-refractivity contribution in [2.75, 3.05) is 5.32 Å². The van der Waals surface area contributed by atoms with Gasteiger partial charge in [-0.3, -0.25) is 9.78 Å². The van der Waals surface area contributed by atoms with Crippen molar-refractivity contribution in [1.82, 2.24) is 19.7 Å². The lowest BCUT2D eigenvalue weighted by Crippen LogP contribution is -2.23. The van der Waals surface area contributed by atoms with Crippen molar-refractivity contribution >= 4 is 23.4 Å². The topological polar surface area (TPSA) is 72.7 Å². The molecular weight excluding hydrogens is 358 g/mol. The van der Waals surface area contributed by atoms with Gasteiger partial charge in [0.15, 0.2) is 11.0 Å². The molecule has 1 N–H and O–H groups in total. The van der Waals surface area contributed by atoms with Gasteiger partial charge in [-0.1, -0.05) is 43.8 Å². The second-order valence-corrected chi connectivity index (χ2v) is 7.98. The van der Waals surface area contributed by atoms with E-state index in [2.05, 4.69) is 38.9 Å². The summed E-state index contributed by atoms with van der Waals surface area (Å²) in [5, 5.41) is 12.1. The molecule has 2 heterocycles. The molecule has 6 nitrogen and oxygen atoms in total. The molecule has 0 aliphatic rings. The van der Waals surface area contributed by atoms with Gasteiger partial charge in [-0.15, -0.1) is 10.2 Å². The minimum Gasteiger partial charge on any atom is -0.325 e. The molecule has 0 radical (unpaired) electrons. The summed E-state index contributed by atoms with van der Waals surface area (Å²) in [5.74, 6) is 1.13. The highest BCUT2D eigenvalue weighted by molar-refractivity contribution is 8.00. The van der Waals surface area contributed by atoms with Crippen LogP contribution in [0, 0.1) is 5.92 Å². The molecule has 0 saturated heterocycles. The Morgan fingerprint density at radius 2 is 1.89 bits per heavy atom. The van der Waals surface area contributed by atoms with Gasteiger partial charge in [-0.05, 0) is 37.1 Å². The summed E-state index contributed by atoms with van der Waals surface area (Å²) in [6, 6.07) is 13.3. The lowest BCUT2D eigenvalue weighted by atomic mass is 10.2. The molecule has 7 heteroatoms. The van der Waals surface area contributed by atoms with E-state index in [9.17, 15) is 4.79 Å². The van der Waals surface area contributed by atoms with Crippen molar-refractivity contribution in [3.05, 3.63) is 54.9 Å². The van der Waals surface area contributed by atoms with E-state index in [4.69, 9.17) is 0 Å². The van der Waals surface area contributed by atoms with Crippen molar-refractivity contribution in [2.24, 2.45) is 5.92 Å². The highest BCUT2D eigenvalue weighted by Gasteiger charge is 2.21. The number of carbonyl (C=O) groups is 1. The van der Waals surface area contributed by atoms with Gasteiger partial charge in [0.2, 0.25) is 5.91 Å². The number of hydrogen-bond donors (Lipinski definition) is 1. The Balaban J connectivity index is 1.79.